The summed E-state index contributed by atoms with van der Waals surface area (Å²) >= 11 is 6.30. The summed E-state index contributed by atoms with van der Waals surface area (Å²) in [4.78, 5) is 4.41. The Balaban J connectivity index is 1.71. The van der Waals surface area contributed by atoms with E-state index in [9.17, 15) is 0 Å². The Bertz CT molecular complexity index is 1090. The van der Waals surface area contributed by atoms with E-state index in [1.165, 1.54) is 0 Å². The molecule has 2 aromatic heterocycles. The molecule has 0 unspecified atom stereocenters. The van der Waals surface area contributed by atoms with Gasteiger partial charge in [-0.1, -0.05) is 41.9 Å². The normalized spacial score (nSPS) is 11.3. The van der Waals surface area contributed by atoms with E-state index in [0.717, 1.165) is 22.2 Å². The van der Waals surface area contributed by atoms with Gasteiger partial charge in [0.15, 0.2) is 5.82 Å². The van der Waals surface area contributed by atoms with Crippen LogP contribution < -0.4 is 4.74 Å². The fourth-order valence-electron chi connectivity index (χ4n) is 2.58. The zero-order valence-corrected chi connectivity index (χ0v) is 14.6. The van der Waals surface area contributed by atoms with Gasteiger partial charge in [-0.15, -0.1) is 10.2 Å². The minimum absolute atomic E-state index is 0.376. The Kier molecular flexibility index (Phi) is 4.33. The van der Waals surface area contributed by atoms with Gasteiger partial charge >= 0.3 is 0 Å². The van der Waals surface area contributed by atoms with Crippen molar-refractivity contribution in [3.63, 3.8) is 0 Å². The van der Waals surface area contributed by atoms with Crippen LogP contribution in [0.5, 0.6) is 5.75 Å². The molecule has 4 aromatic rings. The Labute approximate surface area is 154 Å². The molecule has 4 rings (SSSR count). The zero-order chi connectivity index (χ0) is 17.9. The number of rotatable bonds is 4. The Morgan fingerprint density at radius 3 is 2.77 bits per heavy atom. The van der Waals surface area contributed by atoms with Gasteiger partial charge in [0.25, 0.3) is 0 Å². The van der Waals surface area contributed by atoms with Crippen molar-refractivity contribution in [3.8, 4) is 17.1 Å². The molecule has 0 saturated carbocycles. The average Bonchev–Trinajstić information content (AvgIpc) is 3.15. The van der Waals surface area contributed by atoms with Crippen LogP contribution in [-0.2, 0) is 0 Å². The van der Waals surface area contributed by atoms with Crippen molar-refractivity contribution in [1.29, 1.82) is 0 Å². The second-order valence-electron chi connectivity index (χ2n) is 5.54. The Morgan fingerprint density at radius 1 is 1.12 bits per heavy atom. The maximum absolute atomic E-state index is 6.30. The van der Waals surface area contributed by atoms with Crippen molar-refractivity contribution in [2.75, 3.05) is 7.11 Å². The minimum atomic E-state index is 0.376. The van der Waals surface area contributed by atoms with E-state index >= 15 is 0 Å². The number of pyridine rings is 1. The summed E-state index contributed by atoms with van der Waals surface area (Å²) in [6.45, 7) is 0. The first-order chi connectivity index (χ1) is 12.7. The van der Waals surface area contributed by atoms with Gasteiger partial charge in [-0.25, -0.2) is 4.98 Å². The number of ether oxygens (including phenoxy) is 1. The molecule has 26 heavy (non-hydrogen) atoms. The van der Waals surface area contributed by atoms with Crippen molar-refractivity contribution in [3.05, 3.63) is 71.6 Å². The molecule has 128 valence electrons. The number of benzene rings is 2. The van der Waals surface area contributed by atoms with Gasteiger partial charge in [0, 0.05) is 16.5 Å². The average molecular weight is 364 g/mol. The van der Waals surface area contributed by atoms with Crippen LogP contribution in [0.1, 0.15) is 5.56 Å². The third kappa shape index (κ3) is 3.14. The first-order valence-corrected chi connectivity index (χ1v) is 8.26. The van der Waals surface area contributed by atoms with Crippen molar-refractivity contribution in [1.82, 2.24) is 19.9 Å². The number of aromatic nitrogens is 4. The third-order valence-electron chi connectivity index (χ3n) is 3.89. The fraction of sp³-hybridized carbons (Fsp3) is 0.0526. The van der Waals surface area contributed by atoms with Crippen molar-refractivity contribution >= 4 is 28.7 Å². The largest absolute Gasteiger partial charge is 0.497 e. The molecule has 7 heteroatoms. The molecule has 0 radical (unpaired) electrons. The number of halogens is 1. The Hall–Kier alpha value is -3.25. The van der Waals surface area contributed by atoms with Crippen LogP contribution in [0.2, 0.25) is 5.15 Å². The van der Waals surface area contributed by atoms with Gasteiger partial charge in [-0.3, -0.25) is 0 Å². The predicted octanol–water partition coefficient (Wildman–Crippen LogP) is 4.04. The highest BCUT2D eigenvalue weighted by Crippen LogP contribution is 2.23. The van der Waals surface area contributed by atoms with Gasteiger partial charge in [-0.05, 0) is 24.3 Å². The Morgan fingerprint density at radius 2 is 1.96 bits per heavy atom. The van der Waals surface area contributed by atoms with E-state index in [0.29, 0.717) is 16.5 Å². The van der Waals surface area contributed by atoms with Gasteiger partial charge in [-0.2, -0.15) is 9.78 Å². The highest BCUT2D eigenvalue weighted by molar-refractivity contribution is 6.32. The second-order valence-corrected chi connectivity index (χ2v) is 5.89. The maximum atomic E-state index is 6.30. The number of methoxy groups -OCH3 is 1. The van der Waals surface area contributed by atoms with Gasteiger partial charge in [0.05, 0.1) is 18.8 Å². The summed E-state index contributed by atoms with van der Waals surface area (Å²) in [7, 11) is 1.63. The smallest absolute Gasteiger partial charge is 0.184 e. The molecule has 0 N–H and O–H groups in total. The highest BCUT2D eigenvalue weighted by Gasteiger charge is 2.07. The molecule has 6 nitrogen and oxygen atoms in total. The lowest BCUT2D eigenvalue weighted by Crippen LogP contribution is -1.95. The standard InChI is InChI=1S/C19H14ClN5O/c1-26-16-7-8-17-14(10-16)9-15(18(20)23-17)11-22-25-12-21-24-19(25)13-5-3-2-4-6-13/h2-12H,1H3/b22-11-. The molecule has 2 aromatic carbocycles. The van der Waals surface area contributed by atoms with Crippen molar-refractivity contribution in [2.24, 2.45) is 5.10 Å². The first kappa shape index (κ1) is 16.2. The third-order valence-corrected chi connectivity index (χ3v) is 4.19. The molecule has 0 atom stereocenters. The van der Waals surface area contributed by atoms with Crippen molar-refractivity contribution < 1.29 is 4.74 Å². The van der Waals surface area contributed by atoms with Crippen LogP contribution in [0, 0.1) is 0 Å². The first-order valence-electron chi connectivity index (χ1n) is 7.89. The SMILES string of the molecule is COc1ccc2nc(Cl)c(/C=N\n3cnnc3-c3ccccc3)cc2c1. The van der Waals surface area contributed by atoms with Crippen molar-refractivity contribution in [2.45, 2.75) is 0 Å². The predicted molar refractivity (Wildman–Crippen MR) is 102 cm³/mol. The van der Waals surface area contributed by atoms with Gasteiger partial charge in [0.2, 0.25) is 0 Å². The summed E-state index contributed by atoms with van der Waals surface area (Å²) in [5.74, 6) is 1.41. The number of nitrogens with zero attached hydrogens (tertiary/aromatic N) is 5. The number of hydrogen-bond acceptors (Lipinski definition) is 5. The van der Waals surface area contributed by atoms with E-state index in [4.69, 9.17) is 16.3 Å². The van der Waals surface area contributed by atoms with E-state index in [1.54, 1.807) is 24.3 Å². The van der Waals surface area contributed by atoms with E-state index in [2.05, 4.69) is 20.3 Å². The molecular formula is C19H14ClN5O. The lowest BCUT2D eigenvalue weighted by atomic mass is 10.1. The summed E-state index contributed by atoms with van der Waals surface area (Å²) in [6.07, 6.45) is 3.19. The molecule has 0 fully saturated rings. The molecule has 0 spiro atoms. The van der Waals surface area contributed by atoms with E-state index < -0.39 is 0 Å². The summed E-state index contributed by atoms with van der Waals surface area (Å²) in [6, 6.07) is 17.3. The molecule has 0 amide bonds. The molecule has 0 aliphatic heterocycles. The summed E-state index contributed by atoms with van der Waals surface area (Å²) in [5, 5.41) is 13.8. The van der Waals surface area contributed by atoms with Crippen LogP contribution in [0.3, 0.4) is 0 Å². The summed E-state index contributed by atoms with van der Waals surface area (Å²) in [5.41, 5.74) is 2.41. The van der Waals surface area contributed by atoms with Gasteiger partial charge in [0.1, 0.15) is 17.2 Å². The quantitative estimate of drug-likeness (QED) is 0.405. The molecular weight excluding hydrogens is 350 g/mol. The molecule has 0 bridgehead atoms. The zero-order valence-electron chi connectivity index (χ0n) is 13.9. The second kappa shape index (κ2) is 6.93. The van der Waals surface area contributed by atoms with E-state index in [1.807, 2.05) is 54.6 Å². The van der Waals surface area contributed by atoms with Crippen LogP contribution in [0.15, 0.2) is 66.0 Å². The monoisotopic (exact) mass is 363 g/mol. The lowest BCUT2D eigenvalue weighted by Gasteiger charge is -2.05. The minimum Gasteiger partial charge on any atom is -0.497 e. The summed E-state index contributed by atoms with van der Waals surface area (Å²) < 4.78 is 6.86. The van der Waals surface area contributed by atoms with Crippen LogP contribution in [0.25, 0.3) is 22.3 Å². The topological polar surface area (TPSA) is 65.2 Å². The van der Waals surface area contributed by atoms with Crippen LogP contribution in [-0.4, -0.2) is 33.2 Å². The van der Waals surface area contributed by atoms with Crippen LogP contribution in [0.4, 0.5) is 0 Å². The van der Waals surface area contributed by atoms with Gasteiger partial charge < -0.3 is 4.74 Å². The number of fused-ring (bicyclic) bond motifs is 1. The van der Waals surface area contributed by atoms with E-state index in [-0.39, 0.29) is 0 Å². The fourth-order valence-corrected chi connectivity index (χ4v) is 2.78. The molecule has 0 aliphatic carbocycles. The lowest BCUT2D eigenvalue weighted by molar-refractivity contribution is 0.415. The van der Waals surface area contributed by atoms with Crippen LogP contribution >= 0.6 is 11.6 Å². The molecule has 0 aliphatic rings. The molecule has 0 saturated heterocycles. The highest BCUT2D eigenvalue weighted by atomic mass is 35.5. The molecule has 2 heterocycles. The number of hydrogen-bond donors (Lipinski definition) is 0. The maximum Gasteiger partial charge on any atom is 0.184 e.